The van der Waals surface area contributed by atoms with Crippen LogP contribution in [-0.2, 0) is 6.42 Å². The summed E-state index contributed by atoms with van der Waals surface area (Å²) < 4.78 is 0. The largest absolute Gasteiger partial charge is 0.508 e. The summed E-state index contributed by atoms with van der Waals surface area (Å²) in [4.78, 5) is 10.3. The third-order valence-electron chi connectivity index (χ3n) is 1.85. The molecular formula is C10H13NO3. The summed E-state index contributed by atoms with van der Waals surface area (Å²) in [5.74, 6) is 0.215. The maximum absolute atomic E-state index is 10.3. The second-order valence-electron chi connectivity index (χ2n) is 3.22. The molecule has 0 saturated heterocycles. The van der Waals surface area contributed by atoms with Crippen molar-refractivity contribution in [1.29, 1.82) is 0 Å². The average Bonchev–Trinajstić information content (AvgIpc) is 2.07. The highest BCUT2D eigenvalue weighted by molar-refractivity contribution is 5.64. The van der Waals surface area contributed by atoms with Gasteiger partial charge in [-0.2, -0.15) is 0 Å². The van der Waals surface area contributed by atoms with Gasteiger partial charge in [-0.15, -0.1) is 0 Å². The van der Waals surface area contributed by atoms with Crippen LogP contribution in [0.2, 0.25) is 0 Å². The number of hydrogen-bond acceptors (Lipinski definition) is 2. The molecule has 0 unspecified atom stereocenters. The van der Waals surface area contributed by atoms with E-state index in [0.717, 1.165) is 5.56 Å². The minimum absolute atomic E-state index is 0.128. The smallest absolute Gasteiger partial charge is 0.404 e. The molecule has 1 rings (SSSR count). The number of amides is 1. The molecule has 1 aromatic rings. The molecule has 0 fully saturated rings. The van der Waals surface area contributed by atoms with Gasteiger partial charge in [-0.1, -0.05) is 12.1 Å². The third-order valence-corrected chi connectivity index (χ3v) is 1.85. The van der Waals surface area contributed by atoms with Crippen molar-refractivity contribution >= 4 is 6.09 Å². The summed E-state index contributed by atoms with van der Waals surface area (Å²) in [6.45, 7) is 1.79. The van der Waals surface area contributed by atoms with Crippen LogP contribution >= 0.6 is 0 Å². The van der Waals surface area contributed by atoms with Crippen LogP contribution < -0.4 is 5.32 Å². The van der Waals surface area contributed by atoms with Gasteiger partial charge in [0.15, 0.2) is 0 Å². The fourth-order valence-corrected chi connectivity index (χ4v) is 1.25. The van der Waals surface area contributed by atoms with Crippen molar-refractivity contribution in [3.05, 3.63) is 29.8 Å². The molecule has 0 aliphatic carbocycles. The first-order valence-electron chi connectivity index (χ1n) is 4.35. The van der Waals surface area contributed by atoms with E-state index in [9.17, 15) is 4.79 Å². The van der Waals surface area contributed by atoms with E-state index in [1.165, 1.54) is 0 Å². The second-order valence-corrected chi connectivity index (χ2v) is 3.22. The Morgan fingerprint density at radius 1 is 1.43 bits per heavy atom. The molecule has 0 aliphatic heterocycles. The zero-order chi connectivity index (χ0) is 10.6. The van der Waals surface area contributed by atoms with Crippen LogP contribution in [0.1, 0.15) is 12.5 Å². The molecule has 3 N–H and O–H groups in total. The molecule has 1 amide bonds. The molecule has 0 aromatic heterocycles. The van der Waals surface area contributed by atoms with Gasteiger partial charge in [0.1, 0.15) is 5.75 Å². The van der Waals surface area contributed by atoms with Gasteiger partial charge < -0.3 is 15.5 Å². The van der Waals surface area contributed by atoms with Crippen LogP contribution in [0.3, 0.4) is 0 Å². The standard InChI is InChI=1S/C10H13NO3/c1-7(11-10(13)14)6-8-2-4-9(12)5-3-8/h2-5,7,11-12H,6H2,1H3,(H,13,14)/t7-/m1/s1. The normalized spacial score (nSPS) is 12.1. The molecule has 4 nitrogen and oxygen atoms in total. The van der Waals surface area contributed by atoms with Gasteiger partial charge >= 0.3 is 6.09 Å². The fraction of sp³-hybridized carbons (Fsp3) is 0.300. The molecule has 1 aromatic carbocycles. The van der Waals surface area contributed by atoms with Crippen LogP contribution in [0.5, 0.6) is 5.75 Å². The van der Waals surface area contributed by atoms with Crippen molar-refractivity contribution in [2.75, 3.05) is 0 Å². The number of phenols is 1. The molecule has 14 heavy (non-hydrogen) atoms. The predicted octanol–water partition coefficient (Wildman–Crippen LogP) is 1.59. The Morgan fingerprint density at radius 2 is 2.00 bits per heavy atom. The summed E-state index contributed by atoms with van der Waals surface area (Å²) >= 11 is 0. The Hall–Kier alpha value is -1.71. The van der Waals surface area contributed by atoms with E-state index in [-0.39, 0.29) is 11.8 Å². The summed E-state index contributed by atoms with van der Waals surface area (Å²) in [7, 11) is 0. The molecule has 0 bridgehead atoms. The summed E-state index contributed by atoms with van der Waals surface area (Å²) in [6, 6.07) is 6.59. The minimum Gasteiger partial charge on any atom is -0.508 e. The van der Waals surface area contributed by atoms with Gasteiger partial charge in [0.05, 0.1) is 0 Å². The predicted molar refractivity (Wildman–Crippen MR) is 52.4 cm³/mol. The number of rotatable bonds is 3. The van der Waals surface area contributed by atoms with Crippen LogP contribution in [0.15, 0.2) is 24.3 Å². The monoisotopic (exact) mass is 195 g/mol. The van der Waals surface area contributed by atoms with E-state index in [2.05, 4.69) is 5.32 Å². The highest BCUT2D eigenvalue weighted by Gasteiger charge is 2.05. The molecule has 0 heterocycles. The van der Waals surface area contributed by atoms with Crippen molar-refractivity contribution < 1.29 is 15.0 Å². The Kier molecular flexibility index (Phi) is 3.34. The second kappa shape index (κ2) is 4.50. The van der Waals surface area contributed by atoms with Crippen LogP contribution in [-0.4, -0.2) is 22.3 Å². The highest BCUT2D eigenvalue weighted by Crippen LogP contribution is 2.10. The zero-order valence-corrected chi connectivity index (χ0v) is 7.90. The topological polar surface area (TPSA) is 69.6 Å². The summed E-state index contributed by atoms with van der Waals surface area (Å²) in [6.07, 6.45) is -0.400. The van der Waals surface area contributed by atoms with E-state index >= 15 is 0 Å². The minimum atomic E-state index is -1.02. The van der Waals surface area contributed by atoms with E-state index in [1.807, 2.05) is 0 Å². The maximum Gasteiger partial charge on any atom is 0.404 e. The van der Waals surface area contributed by atoms with Crippen LogP contribution in [0.25, 0.3) is 0 Å². The molecule has 0 aliphatic rings. The van der Waals surface area contributed by atoms with Gasteiger partial charge in [0.25, 0.3) is 0 Å². The molecular weight excluding hydrogens is 182 g/mol. The van der Waals surface area contributed by atoms with Crippen molar-refractivity contribution in [2.24, 2.45) is 0 Å². The average molecular weight is 195 g/mol. The van der Waals surface area contributed by atoms with Crippen molar-refractivity contribution in [3.8, 4) is 5.75 Å². The van der Waals surface area contributed by atoms with Gasteiger partial charge in [-0.25, -0.2) is 4.79 Å². The number of benzene rings is 1. The van der Waals surface area contributed by atoms with Gasteiger partial charge in [-0.05, 0) is 31.0 Å². The fourth-order valence-electron chi connectivity index (χ4n) is 1.25. The van der Waals surface area contributed by atoms with Gasteiger partial charge in [-0.3, -0.25) is 0 Å². The lowest BCUT2D eigenvalue weighted by molar-refractivity contribution is 0.190. The summed E-state index contributed by atoms with van der Waals surface area (Å²) in [5.41, 5.74) is 0.990. The van der Waals surface area contributed by atoms with Crippen LogP contribution in [0, 0.1) is 0 Å². The number of aromatic hydroxyl groups is 1. The molecule has 0 saturated carbocycles. The van der Waals surface area contributed by atoms with Crippen LogP contribution in [0.4, 0.5) is 4.79 Å². The quantitative estimate of drug-likeness (QED) is 0.686. The van der Waals surface area contributed by atoms with Crippen molar-refractivity contribution in [3.63, 3.8) is 0 Å². The van der Waals surface area contributed by atoms with E-state index in [0.29, 0.717) is 6.42 Å². The van der Waals surface area contributed by atoms with Crippen molar-refractivity contribution in [1.82, 2.24) is 5.32 Å². The number of hydrogen-bond donors (Lipinski definition) is 3. The molecule has 76 valence electrons. The lowest BCUT2D eigenvalue weighted by Crippen LogP contribution is -2.32. The first kappa shape index (κ1) is 10.4. The number of nitrogens with one attached hydrogen (secondary N) is 1. The van der Waals surface area contributed by atoms with E-state index in [1.54, 1.807) is 31.2 Å². The number of carboxylic acid groups (broad SMARTS) is 1. The Balaban J connectivity index is 2.51. The summed E-state index contributed by atoms with van der Waals surface area (Å²) in [5, 5.41) is 19.8. The lowest BCUT2D eigenvalue weighted by atomic mass is 10.1. The molecule has 1 atom stereocenters. The number of carbonyl (C=O) groups is 1. The SMILES string of the molecule is C[C@H](Cc1ccc(O)cc1)NC(=O)O. The molecule has 0 spiro atoms. The molecule has 4 heteroatoms. The van der Waals surface area contributed by atoms with Crippen molar-refractivity contribution in [2.45, 2.75) is 19.4 Å². The first-order chi connectivity index (χ1) is 6.58. The third kappa shape index (κ3) is 3.35. The zero-order valence-electron chi connectivity index (χ0n) is 7.90. The van der Waals surface area contributed by atoms with E-state index < -0.39 is 6.09 Å². The van der Waals surface area contributed by atoms with Gasteiger partial charge in [0, 0.05) is 6.04 Å². The Labute approximate surface area is 82.2 Å². The Morgan fingerprint density at radius 3 is 2.50 bits per heavy atom. The number of phenolic OH excluding ortho intramolecular Hbond substituents is 1. The lowest BCUT2D eigenvalue weighted by Gasteiger charge is -2.10. The first-order valence-corrected chi connectivity index (χ1v) is 4.35. The highest BCUT2D eigenvalue weighted by atomic mass is 16.4. The van der Waals surface area contributed by atoms with E-state index in [4.69, 9.17) is 10.2 Å². The Bertz CT molecular complexity index is 308. The van der Waals surface area contributed by atoms with Gasteiger partial charge in [0.2, 0.25) is 0 Å². The molecule has 0 radical (unpaired) electrons. The maximum atomic E-state index is 10.3.